The number of thiocarbonyl (C=S) groups is 1. The van der Waals surface area contributed by atoms with Crippen LogP contribution >= 0.6 is 12.2 Å². The summed E-state index contributed by atoms with van der Waals surface area (Å²) < 4.78 is 38.2. The molecule has 0 bridgehead atoms. The van der Waals surface area contributed by atoms with E-state index in [0.717, 1.165) is 50.3 Å². The van der Waals surface area contributed by atoms with Gasteiger partial charge in [-0.1, -0.05) is 25.1 Å². The second-order valence-electron chi connectivity index (χ2n) is 5.69. The number of hydrogen-bond donors (Lipinski definition) is 1. The van der Waals surface area contributed by atoms with Crippen molar-refractivity contribution in [2.24, 2.45) is 0 Å². The fraction of sp³-hybridized carbons (Fsp3) is 0.562. The van der Waals surface area contributed by atoms with E-state index in [1.807, 2.05) is 0 Å². The lowest BCUT2D eigenvalue weighted by atomic mass is 10.1. The molecule has 1 aliphatic rings. The fourth-order valence-corrected chi connectivity index (χ4v) is 2.84. The normalized spacial score (nSPS) is 16.4. The van der Waals surface area contributed by atoms with E-state index in [-0.39, 0.29) is 0 Å². The second-order valence-corrected chi connectivity index (χ2v) is 6.08. The number of rotatable bonds is 4. The molecular formula is C16H22F3N3S. The lowest BCUT2D eigenvalue weighted by Gasteiger charge is -2.36. The number of hydrogen-bond acceptors (Lipinski definition) is 2. The molecule has 0 aromatic heterocycles. The van der Waals surface area contributed by atoms with Crippen LogP contribution in [0.15, 0.2) is 24.3 Å². The smallest absolute Gasteiger partial charge is 0.363 e. The van der Waals surface area contributed by atoms with Crippen LogP contribution in [-0.4, -0.2) is 47.6 Å². The van der Waals surface area contributed by atoms with Gasteiger partial charge in [-0.15, -0.1) is 0 Å². The molecule has 1 fully saturated rings. The van der Waals surface area contributed by atoms with Crippen molar-refractivity contribution in [2.45, 2.75) is 26.1 Å². The molecule has 3 nitrogen and oxygen atoms in total. The Bertz CT molecular complexity index is 526. The predicted molar refractivity (Wildman–Crippen MR) is 89.2 cm³/mol. The molecule has 1 aromatic rings. The maximum atomic E-state index is 12.7. The van der Waals surface area contributed by atoms with Gasteiger partial charge >= 0.3 is 6.18 Å². The Kier molecular flexibility index (Phi) is 6.24. The second kappa shape index (κ2) is 7.97. The summed E-state index contributed by atoms with van der Waals surface area (Å²) in [6, 6.07) is 5.56. The van der Waals surface area contributed by atoms with E-state index in [1.165, 1.54) is 12.1 Å². The summed E-state index contributed by atoms with van der Waals surface area (Å²) in [5.41, 5.74) is 0.110. The van der Waals surface area contributed by atoms with Gasteiger partial charge in [-0.25, -0.2) is 0 Å². The summed E-state index contributed by atoms with van der Waals surface area (Å²) in [6.45, 7) is 6.68. The van der Waals surface area contributed by atoms with Gasteiger partial charge in [-0.3, -0.25) is 4.90 Å². The third-order valence-electron chi connectivity index (χ3n) is 3.85. The van der Waals surface area contributed by atoms with Gasteiger partial charge in [0.2, 0.25) is 0 Å². The molecule has 2 rings (SSSR count). The average Bonchev–Trinajstić information content (AvgIpc) is 2.53. The Morgan fingerprint density at radius 3 is 2.52 bits per heavy atom. The molecule has 1 aromatic carbocycles. The quantitative estimate of drug-likeness (QED) is 0.845. The Labute approximate surface area is 140 Å². The van der Waals surface area contributed by atoms with Crippen molar-refractivity contribution in [3.63, 3.8) is 0 Å². The van der Waals surface area contributed by atoms with E-state index in [1.54, 1.807) is 6.07 Å². The molecule has 0 spiro atoms. The SMILES string of the molecule is CCCNC(=S)N1CCN(Cc2cccc(C(F)(F)F)c2)CC1. The highest BCUT2D eigenvalue weighted by Crippen LogP contribution is 2.29. The summed E-state index contributed by atoms with van der Waals surface area (Å²) in [5, 5.41) is 3.97. The number of nitrogens with zero attached hydrogens (tertiary/aromatic N) is 2. The van der Waals surface area contributed by atoms with E-state index in [2.05, 4.69) is 22.0 Å². The van der Waals surface area contributed by atoms with Gasteiger partial charge in [-0.05, 0) is 30.3 Å². The Morgan fingerprint density at radius 1 is 1.22 bits per heavy atom. The Morgan fingerprint density at radius 2 is 1.91 bits per heavy atom. The fourth-order valence-electron chi connectivity index (χ4n) is 2.56. The van der Waals surface area contributed by atoms with E-state index >= 15 is 0 Å². The summed E-state index contributed by atoms with van der Waals surface area (Å²) in [6.07, 6.45) is -3.26. The minimum Gasteiger partial charge on any atom is -0.363 e. The lowest BCUT2D eigenvalue weighted by Crippen LogP contribution is -2.51. The molecule has 0 atom stereocenters. The van der Waals surface area contributed by atoms with Crippen LogP contribution in [0.5, 0.6) is 0 Å². The monoisotopic (exact) mass is 345 g/mol. The van der Waals surface area contributed by atoms with Crippen molar-refractivity contribution in [1.82, 2.24) is 15.1 Å². The number of alkyl halides is 3. The van der Waals surface area contributed by atoms with Crippen LogP contribution in [0, 0.1) is 0 Å². The zero-order valence-corrected chi connectivity index (χ0v) is 14.0. The molecule has 7 heteroatoms. The van der Waals surface area contributed by atoms with Crippen LogP contribution in [0.25, 0.3) is 0 Å². The van der Waals surface area contributed by atoms with E-state index < -0.39 is 11.7 Å². The van der Waals surface area contributed by atoms with Crippen LogP contribution < -0.4 is 5.32 Å². The van der Waals surface area contributed by atoms with Gasteiger partial charge < -0.3 is 10.2 Å². The first kappa shape index (κ1) is 18.0. The third-order valence-corrected chi connectivity index (χ3v) is 4.25. The highest BCUT2D eigenvalue weighted by molar-refractivity contribution is 7.80. The van der Waals surface area contributed by atoms with Gasteiger partial charge in [0.1, 0.15) is 0 Å². The standard InChI is InChI=1S/C16H22F3N3S/c1-2-6-20-15(23)22-9-7-21(8-10-22)12-13-4-3-5-14(11-13)16(17,18)19/h3-5,11H,2,6-10,12H2,1H3,(H,20,23). The molecule has 1 saturated heterocycles. The maximum absolute atomic E-state index is 12.7. The molecule has 1 aliphatic heterocycles. The van der Waals surface area contributed by atoms with Crippen molar-refractivity contribution in [3.05, 3.63) is 35.4 Å². The summed E-state index contributed by atoms with van der Waals surface area (Å²) in [5.74, 6) is 0. The Hall–Kier alpha value is -1.34. The van der Waals surface area contributed by atoms with Crippen molar-refractivity contribution < 1.29 is 13.2 Å². The Balaban J connectivity index is 1.86. The minimum atomic E-state index is -4.29. The number of nitrogens with one attached hydrogen (secondary N) is 1. The number of piperazine rings is 1. The van der Waals surface area contributed by atoms with Gasteiger partial charge in [0.05, 0.1) is 5.56 Å². The molecular weight excluding hydrogens is 323 g/mol. The molecule has 0 radical (unpaired) electrons. The van der Waals surface area contributed by atoms with Gasteiger partial charge in [0.15, 0.2) is 5.11 Å². The van der Waals surface area contributed by atoms with Crippen molar-refractivity contribution in [2.75, 3.05) is 32.7 Å². The summed E-state index contributed by atoms with van der Waals surface area (Å²) >= 11 is 5.34. The van der Waals surface area contributed by atoms with Crippen molar-refractivity contribution in [3.8, 4) is 0 Å². The molecule has 0 aliphatic carbocycles. The van der Waals surface area contributed by atoms with E-state index in [0.29, 0.717) is 12.1 Å². The summed E-state index contributed by atoms with van der Waals surface area (Å²) in [4.78, 5) is 4.28. The van der Waals surface area contributed by atoms with Crippen molar-refractivity contribution >= 4 is 17.3 Å². The highest BCUT2D eigenvalue weighted by Gasteiger charge is 2.30. The maximum Gasteiger partial charge on any atom is 0.416 e. The first-order valence-corrected chi connectivity index (χ1v) is 8.22. The highest BCUT2D eigenvalue weighted by atomic mass is 32.1. The van der Waals surface area contributed by atoms with Crippen LogP contribution in [0.3, 0.4) is 0 Å². The lowest BCUT2D eigenvalue weighted by molar-refractivity contribution is -0.137. The van der Waals surface area contributed by atoms with Crippen LogP contribution in [0.1, 0.15) is 24.5 Å². The zero-order chi connectivity index (χ0) is 16.9. The molecule has 1 N–H and O–H groups in total. The number of halogens is 3. The van der Waals surface area contributed by atoms with E-state index in [4.69, 9.17) is 12.2 Å². The first-order valence-electron chi connectivity index (χ1n) is 7.81. The van der Waals surface area contributed by atoms with Gasteiger partial charge in [-0.2, -0.15) is 13.2 Å². The zero-order valence-electron chi connectivity index (χ0n) is 13.2. The molecule has 0 unspecified atom stereocenters. The predicted octanol–water partition coefficient (Wildman–Crippen LogP) is 3.11. The third kappa shape index (κ3) is 5.35. The summed E-state index contributed by atoms with van der Waals surface area (Å²) in [7, 11) is 0. The topological polar surface area (TPSA) is 18.5 Å². The number of benzene rings is 1. The molecule has 128 valence electrons. The minimum absolute atomic E-state index is 0.535. The van der Waals surface area contributed by atoms with Crippen molar-refractivity contribution in [1.29, 1.82) is 0 Å². The first-order chi connectivity index (χ1) is 10.9. The van der Waals surface area contributed by atoms with Crippen LogP contribution in [0.4, 0.5) is 13.2 Å². The van der Waals surface area contributed by atoms with Gasteiger partial charge in [0, 0.05) is 39.3 Å². The van der Waals surface area contributed by atoms with Crippen LogP contribution in [-0.2, 0) is 12.7 Å². The van der Waals surface area contributed by atoms with E-state index in [9.17, 15) is 13.2 Å². The molecule has 0 saturated carbocycles. The average molecular weight is 345 g/mol. The molecule has 0 amide bonds. The van der Waals surface area contributed by atoms with Crippen LogP contribution in [0.2, 0.25) is 0 Å². The largest absolute Gasteiger partial charge is 0.416 e. The van der Waals surface area contributed by atoms with Gasteiger partial charge in [0.25, 0.3) is 0 Å². The molecule has 23 heavy (non-hydrogen) atoms. The molecule has 1 heterocycles.